The number of hydrogen-bond acceptors (Lipinski definition) is 4. The van der Waals surface area contributed by atoms with Crippen LogP contribution in [0, 0.1) is 0 Å². The van der Waals surface area contributed by atoms with E-state index in [0.717, 1.165) is 23.1 Å². The molecule has 1 atom stereocenters. The second kappa shape index (κ2) is 5.33. The van der Waals surface area contributed by atoms with E-state index in [4.69, 9.17) is 4.42 Å². The van der Waals surface area contributed by atoms with Crippen LogP contribution in [0.2, 0.25) is 0 Å². The number of anilines is 1. The first-order valence-corrected chi connectivity index (χ1v) is 6.85. The molecule has 0 spiro atoms. The number of rotatable bonds is 4. The Morgan fingerprint density at radius 3 is 2.75 bits per heavy atom. The number of nitrogens with one attached hydrogen (secondary N) is 1. The number of benzene rings is 1. The van der Waals surface area contributed by atoms with Crippen LogP contribution in [0.1, 0.15) is 20.3 Å². The molecule has 1 aromatic carbocycles. The number of furan rings is 1. The summed E-state index contributed by atoms with van der Waals surface area (Å²) < 4.78 is 5.40. The third kappa shape index (κ3) is 2.37. The van der Waals surface area contributed by atoms with E-state index in [0.29, 0.717) is 17.6 Å². The second-order valence-electron chi connectivity index (χ2n) is 4.84. The van der Waals surface area contributed by atoms with Gasteiger partial charge in [0.05, 0.1) is 11.8 Å². The minimum Gasteiger partial charge on any atom is -0.461 e. The maximum Gasteiger partial charge on any atom is 0.198 e. The Hall–Kier alpha value is -2.36. The lowest BCUT2D eigenvalue weighted by atomic mass is 10.2. The van der Waals surface area contributed by atoms with Crippen molar-refractivity contribution in [3.8, 4) is 11.6 Å². The van der Waals surface area contributed by atoms with Gasteiger partial charge in [-0.3, -0.25) is 0 Å². The number of fused-ring (bicyclic) bond motifs is 1. The fourth-order valence-corrected chi connectivity index (χ4v) is 2.04. The van der Waals surface area contributed by atoms with Gasteiger partial charge in [-0.1, -0.05) is 19.1 Å². The number of nitrogens with zero attached hydrogens (tertiary/aromatic N) is 2. The topological polar surface area (TPSA) is 51.0 Å². The first-order valence-electron chi connectivity index (χ1n) is 6.85. The monoisotopic (exact) mass is 267 g/mol. The van der Waals surface area contributed by atoms with Gasteiger partial charge in [0.25, 0.3) is 0 Å². The Balaban J connectivity index is 2.15. The molecule has 102 valence electrons. The summed E-state index contributed by atoms with van der Waals surface area (Å²) in [6.07, 6.45) is 2.67. The zero-order chi connectivity index (χ0) is 13.9. The lowest BCUT2D eigenvalue weighted by molar-refractivity contribution is 0.577. The van der Waals surface area contributed by atoms with E-state index >= 15 is 0 Å². The van der Waals surface area contributed by atoms with Crippen molar-refractivity contribution in [1.29, 1.82) is 0 Å². The smallest absolute Gasteiger partial charge is 0.198 e. The highest BCUT2D eigenvalue weighted by Crippen LogP contribution is 2.25. The molecule has 0 aliphatic carbocycles. The average molecular weight is 267 g/mol. The van der Waals surface area contributed by atoms with Gasteiger partial charge in [-0.2, -0.15) is 0 Å². The molecule has 0 saturated carbocycles. The Labute approximate surface area is 117 Å². The third-order valence-electron chi connectivity index (χ3n) is 3.34. The molecule has 3 aromatic rings. The van der Waals surface area contributed by atoms with Crippen molar-refractivity contribution >= 4 is 16.7 Å². The van der Waals surface area contributed by atoms with Crippen LogP contribution >= 0.6 is 0 Å². The van der Waals surface area contributed by atoms with Gasteiger partial charge in [0.15, 0.2) is 11.6 Å². The van der Waals surface area contributed by atoms with E-state index in [2.05, 4.69) is 29.1 Å². The van der Waals surface area contributed by atoms with Crippen LogP contribution < -0.4 is 5.32 Å². The van der Waals surface area contributed by atoms with Crippen molar-refractivity contribution in [2.75, 3.05) is 5.32 Å². The fourth-order valence-electron chi connectivity index (χ4n) is 2.04. The van der Waals surface area contributed by atoms with E-state index in [1.165, 1.54) is 0 Å². The molecule has 0 saturated heterocycles. The molecule has 0 fully saturated rings. The highest BCUT2D eigenvalue weighted by atomic mass is 16.3. The number of hydrogen-bond donors (Lipinski definition) is 1. The first-order chi connectivity index (χ1) is 9.78. The molecule has 1 N–H and O–H groups in total. The highest BCUT2D eigenvalue weighted by molar-refractivity contribution is 5.90. The van der Waals surface area contributed by atoms with Crippen LogP contribution in [-0.4, -0.2) is 16.0 Å². The molecule has 0 bridgehead atoms. The van der Waals surface area contributed by atoms with Gasteiger partial charge in [0, 0.05) is 11.4 Å². The average Bonchev–Trinajstić information content (AvgIpc) is 3.01. The van der Waals surface area contributed by atoms with E-state index < -0.39 is 0 Å². The zero-order valence-electron chi connectivity index (χ0n) is 11.6. The Morgan fingerprint density at radius 1 is 1.15 bits per heavy atom. The predicted molar refractivity (Wildman–Crippen MR) is 80.6 cm³/mol. The second-order valence-corrected chi connectivity index (χ2v) is 4.84. The van der Waals surface area contributed by atoms with Crippen molar-refractivity contribution in [2.24, 2.45) is 0 Å². The van der Waals surface area contributed by atoms with Gasteiger partial charge in [-0.05, 0) is 37.6 Å². The normalized spacial score (nSPS) is 12.5. The van der Waals surface area contributed by atoms with E-state index in [9.17, 15) is 0 Å². The first kappa shape index (κ1) is 12.7. The van der Waals surface area contributed by atoms with Crippen molar-refractivity contribution in [2.45, 2.75) is 26.3 Å². The van der Waals surface area contributed by atoms with Gasteiger partial charge < -0.3 is 9.73 Å². The van der Waals surface area contributed by atoms with Crippen LogP contribution in [0.25, 0.3) is 22.5 Å². The lowest BCUT2D eigenvalue weighted by Gasteiger charge is -2.14. The summed E-state index contributed by atoms with van der Waals surface area (Å²) in [6.45, 7) is 4.29. The summed E-state index contributed by atoms with van der Waals surface area (Å²) in [6, 6.07) is 12.1. The molecule has 3 rings (SSSR count). The maximum absolute atomic E-state index is 5.40. The van der Waals surface area contributed by atoms with Crippen LogP contribution in [0.3, 0.4) is 0 Å². The summed E-state index contributed by atoms with van der Waals surface area (Å²) in [5, 5.41) is 4.47. The molecule has 4 heteroatoms. The van der Waals surface area contributed by atoms with E-state index in [-0.39, 0.29) is 0 Å². The maximum atomic E-state index is 5.40. The van der Waals surface area contributed by atoms with Crippen LogP contribution in [0.15, 0.2) is 47.1 Å². The van der Waals surface area contributed by atoms with Crippen LogP contribution in [0.4, 0.5) is 5.82 Å². The van der Waals surface area contributed by atoms with Gasteiger partial charge >= 0.3 is 0 Å². The molecule has 0 radical (unpaired) electrons. The summed E-state index contributed by atoms with van der Waals surface area (Å²) in [4.78, 5) is 9.18. The molecule has 4 nitrogen and oxygen atoms in total. The summed E-state index contributed by atoms with van der Waals surface area (Å²) in [5.41, 5.74) is 0.916. The standard InChI is InChI=1S/C16H17N3O/c1-3-11(2)17-15-12-7-4-5-8-13(12)18-16(19-15)14-9-6-10-20-14/h4-11H,3H2,1-2H3,(H,17,18,19). The summed E-state index contributed by atoms with van der Waals surface area (Å²) >= 11 is 0. The minimum atomic E-state index is 0.359. The molecule has 0 aliphatic rings. The quantitative estimate of drug-likeness (QED) is 0.773. The Bertz CT molecular complexity index is 707. The SMILES string of the molecule is CCC(C)Nc1nc(-c2ccco2)nc2ccccc12. The van der Waals surface area contributed by atoms with E-state index in [1.807, 2.05) is 36.4 Å². The molecular formula is C16H17N3O. The van der Waals surface area contributed by atoms with Gasteiger partial charge in [0.1, 0.15) is 5.82 Å². The molecule has 20 heavy (non-hydrogen) atoms. The minimum absolute atomic E-state index is 0.359. The van der Waals surface area contributed by atoms with Crippen molar-refractivity contribution in [3.63, 3.8) is 0 Å². The van der Waals surface area contributed by atoms with Crippen molar-refractivity contribution < 1.29 is 4.42 Å². The molecular weight excluding hydrogens is 250 g/mol. The van der Waals surface area contributed by atoms with Crippen molar-refractivity contribution in [1.82, 2.24) is 9.97 Å². The van der Waals surface area contributed by atoms with Gasteiger partial charge in [-0.15, -0.1) is 0 Å². The van der Waals surface area contributed by atoms with E-state index in [1.54, 1.807) is 6.26 Å². The number of aromatic nitrogens is 2. The predicted octanol–water partition coefficient (Wildman–Crippen LogP) is 4.10. The van der Waals surface area contributed by atoms with Gasteiger partial charge in [0.2, 0.25) is 0 Å². The summed E-state index contributed by atoms with van der Waals surface area (Å²) in [7, 11) is 0. The Morgan fingerprint density at radius 2 is 2.00 bits per heavy atom. The molecule has 1 unspecified atom stereocenters. The number of para-hydroxylation sites is 1. The molecule has 2 aromatic heterocycles. The zero-order valence-corrected chi connectivity index (χ0v) is 11.6. The Kier molecular flexibility index (Phi) is 3.37. The third-order valence-corrected chi connectivity index (χ3v) is 3.34. The molecule has 0 aliphatic heterocycles. The van der Waals surface area contributed by atoms with Gasteiger partial charge in [-0.25, -0.2) is 9.97 Å². The summed E-state index contributed by atoms with van der Waals surface area (Å²) in [5.74, 6) is 2.15. The van der Waals surface area contributed by atoms with Crippen LogP contribution in [0.5, 0.6) is 0 Å². The highest BCUT2D eigenvalue weighted by Gasteiger charge is 2.12. The molecule has 2 heterocycles. The lowest BCUT2D eigenvalue weighted by Crippen LogP contribution is -2.15. The van der Waals surface area contributed by atoms with Crippen molar-refractivity contribution in [3.05, 3.63) is 42.7 Å². The van der Waals surface area contributed by atoms with Crippen LogP contribution in [-0.2, 0) is 0 Å². The largest absolute Gasteiger partial charge is 0.461 e. The fraction of sp³-hybridized carbons (Fsp3) is 0.250. The molecule has 0 amide bonds.